The molecule has 0 heterocycles. The molecule has 0 spiro atoms. The van der Waals surface area contributed by atoms with Gasteiger partial charge in [0.05, 0.1) is 6.61 Å². The second-order valence-electron chi connectivity index (χ2n) is 7.02. The molecule has 0 saturated heterocycles. The molecule has 2 unspecified atom stereocenters. The van der Waals surface area contributed by atoms with Gasteiger partial charge in [-0.15, -0.1) is 0 Å². The molecule has 0 rings (SSSR count). The molecule has 0 fully saturated rings. The first-order valence-corrected chi connectivity index (χ1v) is 10.5. The van der Waals surface area contributed by atoms with Crippen molar-refractivity contribution in [3.63, 3.8) is 0 Å². The Hall–Kier alpha value is -2.15. The quantitative estimate of drug-likeness (QED) is 0.0934. The zero-order chi connectivity index (χ0) is 28.3. The molecule has 0 bridgehead atoms. The van der Waals surface area contributed by atoms with Crippen molar-refractivity contribution >= 4 is 22.0 Å². The second kappa shape index (κ2) is 10.9. The maximum absolute atomic E-state index is 13.7. The van der Waals surface area contributed by atoms with Crippen LogP contribution in [0.25, 0.3) is 0 Å². The van der Waals surface area contributed by atoms with Gasteiger partial charge in [0.1, 0.15) is 6.04 Å². The van der Waals surface area contributed by atoms with Gasteiger partial charge in [0.2, 0.25) is 0 Å². The van der Waals surface area contributed by atoms with Crippen LogP contribution in [0.1, 0.15) is 33.1 Å². The van der Waals surface area contributed by atoms with Crippen LogP contribution >= 0.6 is 0 Å². The molecule has 35 heavy (non-hydrogen) atoms. The number of hydrogen-bond donors (Lipinski definition) is 2. The van der Waals surface area contributed by atoms with Crippen LogP contribution in [0, 0.1) is 0 Å². The van der Waals surface area contributed by atoms with Gasteiger partial charge in [-0.05, 0) is 26.7 Å². The van der Waals surface area contributed by atoms with Gasteiger partial charge in [-0.1, -0.05) is 6.58 Å². The van der Waals surface area contributed by atoms with E-state index in [2.05, 4.69) is 16.1 Å². The number of rotatable bonds is 12. The first-order chi connectivity index (χ1) is 15.3. The summed E-state index contributed by atoms with van der Waals surface area (Å²) in [5.74, 6) is -14.7. The predicted octanol–water partition coefficient (Wildman–Crippen LogP) is 3.73. The number of hydrogen-bond acceptors (Lipinski definition) is 6. The third-order valence-electron chi connectivity index (χ3n) is 4.04. The van der Waals surface area contributed by atoms with Crippen molar-refractivity contribution in [3.05, 3.63) is 12.2 Å². The van der Waals surface area contributed by atoms with Crippen molar-refractivity contribution in [2.75, 3.05) is 6.61 Å². The van der Waals surface area contributed by atoms with Crippen molar-refractivity contribution in [2.45, 2.75) is 68.5 Å². The fourth-order valence-electron chi connectivity index (χ4n) is 2.00. The van der Waals surface area contributed by atoms with E-state index in [1.807, 2.05) is 0 Å². The summed E-state index contributed by atoms with van der Waals surface area (Å²) in [6, 6.07) is -2.91. The van der Waals surface area contributed by atoms with E-state index in [1.54, 1.807) is 0 Å². The molecule has 1 amide bonds. The number of esters is 1. The van der Waals surface area contributed by atoms with Crippen molar-refractivity contribution in [1.29, 1.82) is 0 Å². The largest absolute Gasteiger partial charge is 0.466 e. The van der Waals surface area contributed by atoms with E-state index in [0.29, 0.717) is 0 Å². The molecule has 0 saturated carbocycles. The number of ether oxygens (including phenoxy) is 2. The van der Waals surface area contributed by atoms with Crippen molar-refractivity contribution in [1.82, 2.24) is 5.32 Å². The van der Waals surface area contributed by atoms with Gasteiger partial charge in [0, 0.05) is 12.0 Å². The van der Waals surface area contributed by atoms with E-state index < -0.39 is 88.8 Å². The van der Waals surface area contributed by atoms with E-state index in [1.165, 1.54) is 0 Å². The minimum absolute atomic E-state index is 0.233. The van der Waals surface area contributed by atoms with E-state index in [0.717, 1.165) is 12.2 Å². The van der Waals surface area contributed by atoms with Gasteiger partial charge in [0.15, 0.2) is 0 Å². The fraction of sp³-hybridized carbons (Fsp3) is 0.750. The first-order valence-electron chi connectivity index (χ1n) is 9.03. The molecule has 0 aromatic heterocycles. The maximum Gasteiger partial charge on any atom is 0.466 e. The summed E-state index contributed by atoms with van der Waals surface area (Å²) in [6.45, 7) is 2.48. The third-order valence-corrected chi connectivity index (χ3v) is 4.98. The highest BCUT2D eigenvalue weighted by Gasteiger charge is 2.67. The molecular formula is C16H19F10NO7S. The summed E-state index contributed by atoms with van der Waals surface area (Å²) >= 11 is 0. The number of carbonyl (C=O) groups is 2. The summed E-state index contributed by atoms with van der Waals surface area (Å²) < 4.78 is 169. The Morgan fingerprint density at radius 1 is 1.00 bits per heavy atom. The lowest BCUT2D eigenvalue weighted by molar-refractivity contribution is -0.347. The predicted molar refractivity (Wildman–Crippen MR) is 94.6 cm³/mol. The van der Waals surface area contributed by atoms with Crippen LogP contribution in [0.3, 0.4) is 0 Å². The fourth-order valence-corrected chi connectivity index (χ4v) is 2.48. The van der Waals surface area contributed by atoms with E-state index in [9.17, 15) is 61.9 Å². The maximum atomic E-state index is 13.7. The van der Waals surface area contributed by atoms with E-state index >= 15 is 0 Å². The molecule has 2 N–H and O–H groups in total. The lowest BCUT2D eigenvalue weighted by atomic mass is 10.1. The highest BCUT2D eigenvalue weighted by atomic mass is 32.2. The molecule has 0 aliphatic rings. The lowest BCUT2D eigenvalue weighted by Crippen LogP contribution is -2.63. The second-order valence-corrected chi connectivity index (χ2v) is 8.49. The van der Waals surface area contributed by atoms with Crippen LogP contribution in [0.4, 0.5) is 43.9 Å². The van der Waals surface area contributed by atoms with Crippen LogP contribution in [0.5, 0.6) is 0 Å². The Kier molecular flexibility index (Phi) is 10.2. The highest BCUT2D eigenvalue weighted by molar-refractivity contribution is 7.87. The smallest absolute Gasteiger partial charge is 0.412 e. The summed E-state index contributed by atoms with van der Waals surface area (Å²) in [7, 11) is -6.58. The average Bonchev–Trinajstić information content (AvgIpc) is 2.63. The van der Waals surface area contributed by atoms with Gasteiger partial charge in [-0.2, -0.15) is 52.3 Å². The molecule has 2 atom stereocenters. The Labute approximate surface area is 191 Å². The molecule has 0 aliphatic carbocycles. The minimum atomic E-state index is -6.58. The SMILES string of the molecule is C=C(C)C(=O)OC(OCCCCC(F)(F)C(F)(F)S(=O)(=O)O)(C(=O)NC(C)C(F)(F)F)C(F)(F)F. The molecular weight excluding hydrogens is 540 g/mol. The zero-order valence-electron chi connectivity index (χ0n) is 17.7. The Morgan fingerprint density at radius 2 is 1.49 bits per heavy atom. The molecule has 8 nitrogen and oxygen atoms in total. The van der Waals surface area contributed by atoms with Gasteiger partial charge in [0.25, 0.3) is 0 Å². The van der Waals surface area contributed by atoms with Crippen molar-refractivity contribution < 1.29 is 75.9 Å². The Bertz CT molecular complexity index is 901. The van der Waals surface area contributed by atoms with Crippen molar-refractivity contribution in [3.8, 4) is 0 Å². The number of halogens is 10. The summed E-state index contributed by atoms with van der Waals surface area (Å²) in [5.41, 5.74) is -0.758. The van der Waals surface area contributed by atoms with Crippen LogP contribution in [0.15, 0.2) is 12.2 Å². The standard InChI is InChI=1S/C16H19F10NO7S/c1-8(2)10(28)34-13(15(22,23)24,11(29)27-9(3)14(19,20)21)33-7-5-4-6-12(17,18)16(25,26)35(30,31)32/h9H,1,4-7H2,2-3H3,(H,27,29)(H,30,31,32). The zero-order valence-corrected chi connectivity index (χ0v) is 18.5. The Morgan fingerprint density at radius 3 is 1.86 bits per heavy atom. The van der Waals surface area contributed by atoms with Crippen LogP contribution in [-0.2, 0) is 29.2 Å². The summed E-state index contributed by atoms with van der Waals surface area (Å²) in [6.07, 6.45) is -15.6. The van der Waals surface area contributed by atoms with Crippen LogP contribution in [-0.4, -0.2) is 66.8 Å². The van der Waals surface area contributed by atoms with Crippen LogP contribution < -0.4 is 5.32 Å². The topological polar surface area (TPSA) is 119 Å². The van der Waals surface area contributed by atoms with Gasteiger partial charge in [-0.3, -0.25) is 9.35 Å². The number of nitrogens with one attached hydrogen (secondary N) is 1. The Balaban J connectivity index is 5.78. The van der Waals surface area contributed by atoms with Crippen molar-refractivity contribution in [2.24, 2.45) is 0 Å². The number of amides is 1. The van der Waals surface area contributed by atoms with E-state index in [4.69, 9.17) is 4.55 Å². The monoisotopic (exact) mass is 559 g/mol. The van der Waals surface area contributed by atoms with Gasteiger partial charge >= 0.3 is 51.3 Å². The average molecular weight is 559 g/mol. The molecule has 0 aromatic rings. The minimum Gasteiger partial charge on any atom is -0.412 e. The molecule has 19 heteroatoms. The highest BCUT2D eigenvalue weighted by Crippen LogP contribution is 2.42. The molecule has 0 aromatic carbocycles. The normalized spacial score (nSPS) is 16.3. The van der Waals surface area contributed by atoms with E-state index in [-0.39, 0.29) is 6.92 Å². The molecule has 206 valence electrons. The summed E-state index contributed by atoms with van der Waals surface area (Å²) in [4.78, 5) is 23.8. The number of carbonyl (C=O) groups excluding carboxylic acids is 2. The molecule has 0 aliphatic heterocycles. The third kappa shape index (κ3) is 7.92. The lowest BCUT2D eigenvalue weighted by Gasteiger charge is -2.34. The summed E-state index contributed by atoms with van der Waals surface area (Å²) in [5, 5.41) is -5.07. The van der Waals surface area contributed by atoms with Gasteiger partial charge in [-0.25, -0.2) is 4.79 Å². The van der Waals surface area contributed by atoms with Crippen LogP contribution in [0.2, 0.25) is 0 Å². The van der Waals surface area contributed by atoms with Gasteiger partial charge < -0.3 is 14.8 Å². The number of alkyl halides is 10. The molecule has 0 radical (unpaired) electrons. The first kappa shape index (κ1) is 32.8. The number of unbranched alkanes of at least 4 members (excludes halogenated alkanes) is 1.